The number of nitrogens with one attached hydrogen (secondary N) is 4. The third kappa shape index (κ3) is 17.7. The van der Waals surface area contributed by atoms with Crippen LogP contribution in [0.15, 0.2) is 0 Å². The molecule has 36 heavy (non-hydrogen) atoms. The molecule has 0 bridgehead atoms. The van der Waals surface area contributed by atoms with Crippen molar-refractivity contribution in [2.75, 3.05) is 32.7 Å². The normalized spacial score (nSPS) is 14.8. The van der Waals surface area contributed by atoms with E-state index in [-0.39, 0.29) is 23.6 Å². The molecule has 1 saturated carbocycles. The number of rotatable bonds is 22. The van der Waals surface area contributed by atoms with Crippen molar-refractivity contribution in [2.24, 2.45) is 11.7 Å². The second-order valence-corrected chi connectivity index (χ2v) is 10.4. The van der Waals surface area contributed by atoms with Crippen molar-refractivity contribution in [3.8, 4) is 0 Å². The number of hydrogen-bond acceptors (Lipinski definition) is 5. The zero-order valence-electron chi connectivity index (χ0n) is 23.0. The molecule has 0 aromatic carbocycles. The lowest BCUT2D eigenvalue weighted by Crippen LogP contribution is -2.47. The Hall–Kier alpha value is -1.67. The summed E-state index contributed by atoms with van der Waals surface area (Å²) in [6.45, 7) is 5.88. The van der Waals surface area contributed by atoms with Gasteiger partial charge in [-0.15, -0.1) is 0 Å². The number of hydrogen-bond donors (Lipinski definition) is 5. The first-order valence-electron chi connectivity index (χ1n) is 14.8. The molecule has 0 aromatic rings. The van der Waals surface area contributed by atoms with E-state index in [1.165, 1.54) is 32.1 Å². The first-order chi connectivity index (χ1) is 17.5. The molecular formula is C28H55N5O3. The molecular weight excluding hydrogens is 454 g/mol. The fourth-order valence-corrected chi connectivity index (χ4v) is 4.65. The topological polar surface area (TPSA) is 125 Å². The van der Waals surface area contributed by atoms with Crippen LogP contribution < -0.4 is 27.0 Å². The van der Waals surface area contributed by atoms with Gasteiger partial charge >= 0.3 is 0 Å². The van der Waals surface area contributed by atoms with Crippen molar-refractivity contribution in [3.63, 3.8) is 0 Å². The van der Waals surface area contributed by atoms with Crippen LogP contribution in [0.5, 0.6) is 0 Å². The van der Waals surface area contributed by atoms with Gasteiger partial charge in [-0.3, -0.25) is 14.4 Å². The van der Waals surface area contributed by atoms with E-state index in [9.17, 15) is 14.4 Å². The van der Waals surface area contributed by atoms with Gasteiger partial charge in [0.1, 0.15) is 6.04 Å². The maximum atomic E-state index is 12.3. The summed E-state index contributed by atoms with van der Waals surface area (Å²) in [5.41, 5.74) is 5.47. The molecule has 210 valence electrons. The van der Waals surface area contributed by atoms with Crippen molar-refractivity contribution in [3.05, 3.63) is 0 Å². The van der Waals surface area contributed by atoms with Crippen molar-refractivity contribution >= 4 is 17.7 Å². The number of nitrogens with two attached hydrogens (primary N) is 1. The van der Waals surface area contributed by atoms with E-state index >= 15 is 0 Å². The fraction of sp³-hybridized carbons (Fsp3) is 0.893. The second kappa shape index (κ2) is 22.5. The van der Waals surface area contributed by atoms with Gasteiger partial charge in [-0.2, -0.15) is 0 Å². The maximum absolute atomic E-state index is 12.3. The van der Waals surface area contributed by atoms with E-state index in [0.29, 0.717) is 13.0 Å². The highest BCUT2D eigenvalue weighted by atomic mass is 16.2. The molecule has 0 saturated heterocycles. The minimum Gasteiger partial charge on any atom is -0.356 e. The summed E-state index contributed by atoms with van der Waals surface area (Å²) in [5.74, 6) is 0.206. The van der Waals surface area contributed by atoms with E-state index in [2.05, 4.69) is 21.3 Å². The van der Waals surface area contributed by atoms with Gasteiger partial charge in [0.2, 0.25) is 17.7 Å². The quantitative estimate of drug-likeness (QED) is 0.143. The molecule has 1 unspecified atom stereocenters. The van der Waals surface area contributed by atoms with Crippen molar-refractivity contribution in [2.45, 2.75) is 122 Å². The summed E-state index contributed by atoms with van der Waals surface area (Å²) in [6, 6.07) is -0.463. The molecule has 1 aliphatic carbocycles. The average Bonchev–Trinajstić information content (AvgIpc) is 2.89. The van der Waals surface area contributed by atoms with Gasteiger partial charge in [0.05, 0.1) is 0 Å². The minimum atomic E-state index is -0.463. The summed E-state index contributed by atoms with van der Waals surface area (Å²) in [4.78, 5) is 36.4. The summed E-state index contributed by atoms with van der Waals surface area (Å²) in [6.07, 6.45) is 18.0. The molecule has 6 N–H and O–H groups in total. The van der Waals surface area contributed by atoms with Gasteiger partial charge < -0.3 is 27.0 Å². The molecule has 0 radical (unpaired) electrons. The van der Waals surface area contributed by atoms with Gasteiger partial charge in [0, 0.05) is 25.4 Å². The maximum Gasteiger partial charge on any atom is 0.242 e. The van der Waals surface area contributed by atoms with Crippen LogP contribution in [-0.4, -0.2) is 56.5 Å². The Balaban J connectivity index is 1.84. The van der Waals surface area contributed by atoms with Gasteiger partial charge in [-0.05, 0) is 71.5 Å². The van der Waals surface area contributed by atoms with Gasteiger partial charge in [-0.25, -0.2) is 0 Å². The zero-order chi connectivity index (χ0) is 26.3. The molecule has 0 aliphatic heterocycles. The number of carbonyl (C=O) groups is 3. The van der Waals surface area contributed by atoms with Crippen molar-refractivity contribution < 1.29 is 14.4 Å². The molecule has 1 aliphatic rings. The van der Waals surface area contributed by atoms with Crippen LogP contribution in [0.2, 0.25) is 0 Å². The Kier molecular flexibility index (Phi) is 20.2. The van der Waals surface area contributed by atoms with Crippen LogP contribution in [0.25, 0.3) is 0 Å². The monoisotopic (exact) mass is 509 g/mol. The number of unbranched alkanes of at least 4 members (excludes halogenated alkanes) is 8. The van der Waals surface area contributed by atoms with Crippen LogP contribution >= 0.6 is 0 Å². The Labute approximate surface area is 220 Å². The lowest BCUT2D eigenvalue weighted by Gasteiger charge is -2.23. The lowest BCUT2D eigenvalue weighted by atomic mass is 9.88. The predicted octanol–water partition coefficient (Wildman–Crippen LogP) is 3.53. The predicted molar refractivity (Wildman–Crippen MR) is 148 cm³/mol. The first-order valence-corrected chi connectivity index (χ1v) is 14.8. The molecule has 1 rings (SSSR count). The standard InChI is InChI=1S/C28H55N5O3/c1-24(33-28(36)25-16-9-8-10-17-25)27(35)32-22-13-7-5-3-2-4-6-11-18-26(34)31-23-15-21-30-20-14-12-19-29/h24-25,30H,2-23,29H2,1H3,(H,31,34)(H,32,35)(H,33,36). The molecule has 8 nitrogen and oxygen atoms in total. The SMILES string of the molecule is CC(NC(=O)C1CCCCC1)C(=O)NCCCCCCCCCCC(=O)NCCCNCCCCN. The number of carbonyl (C=O) groups excluding carboxylic acids is 3. The lowest BCUT2D eigenvalue weighted by molar-refractivity contribution is -0.131. The van der Waals surface area contributed by atoms with Crippen molar-refractivity contribution in [1.29, 1.82) is 0 Å². The van der Waals surface area contributed by atoms with E-state index in [1.54, 1.807) is 6.92 Å². The van der Waals surface area contributed by atoms with Crippen LogP contribution in [0, 0.1) is 5.92 Å². The number of amides is 3. The summed E-state index contributed by atoms with van der Waals surface area (Å²) >= 11 is 0. The van der Waals surface area contributed by atoms with E-state index in [1.807, 2.05) is 0 Å². The molecule has 1 atom stereocenters. The highest BCUT2D eigenvalue weighted by Crippen LogP contribution is 2.23. The molecule has 0 aromatic heterocycles. The zero-order valence-corrected chi connectivity index (χ0v) is 23.0. The van der Waals surface area contributed by atoms with Crippen LogP contribution in [0.3, 0.4) is 0 Å². The van der Waals surface area contributed by atoms with Crippen LogP contribution in [0.4, 0.5) is 0 Å². The second-order valence-electron chi connectivity index (χ2n) is 10.4. The average molecular weight is 510 g/mol. The van der Waals surface area contributed by atoms with E-state index in [0.717, 1.165) is 96.8 Å². The summed E-state index contributed by atoms with van der Waals surface area (Å²) < 4.78 is 0. The smallest absolute Gasteiger partial charge is 0.242 e. The Morgan fingerprint density at radius 3 is 2.00 bits per heavy atom. The molecule has 1 fully saturated rings. The summed E-state index contributed by atoms with van der Waals surface area (Å²) in [7, 11) is 0. The van der Waals surface area contributed by atoms with Gasteiger partial charge in [-0.1, -0.05) is 57.8 Å². The van der Waals surface area contributed by atoms with Gasteiger partial charge in [0.25, 0.3) is 0 Å². The fourth-order valence-electron chi connectivity index (χ4n) is 4.65. The minimum absolute atomic E-state index is 0.0378. The molecule has 0 spiro atoms. The largest absolute Gasteiger partial charge is 0.356 e. The van der Waals surface area contributed by atoms with E-state index in [4.69, 9.17) is 5.73 Å². The Morgan fingerprint density at radius 1 is 0.722 bits per heavy atom. The van der Waals surface area contributed by atoms with Crippen molar-refractivity contribution in [1.82, 2.24) is 21.3 Å². The van der Waals surface area contributed by atoms with Crippen LogP contribution in [0.1, 0.15) is 116 Å². The Morgan fingerprint density at radius 2 is 1.31 bits per heavy atom. The van der Waals surface area contributed by atoms with E-state index < -0.39 is 6.04 Å². The third-order valence-electron chi connectivity index (χ3n) is 7.02. The highest BCUT2D eigenvalue weighted by Gasteiger charge is 2.24. The molecule has 3 amide bonds. The highest BCUT2D eigenvalue weighted by molar-refractivity contribution is 5.88. The Bertz CT molecular complexity index is 582. The summed E-state index contributed by atoms with van der Waals surface area (Å²) in [5, 5.41) is 12.2. The van der Waals surface area contributed by atoms with Gasteiger partial charge in [0.15, 0.2) is 0 Å². The first kappa shape index (κ1) is 32.4. The molecule has 8 heteroatoms. The van der Waals surface area contributed by atoms with Crippen LogP contribution in [-0.2, 0) is 14.4 Å². The molecule has 0 heterocycles. The third-order valence-corrected chi connectivity index (χ3v) is 7.02.